The zero-order valence-corrected chi connectivity index (χ0v) is 34.9. The van der Waals surface area contributed by atoms with E-state index in [1.54, 1.807) is 17.8 Å². The number of likely N-dealkylation sites (tertiary alicyclic amines) is 2. The number of nitrogens with one attached hydrogen (secondary N) is 4. The monoisotopic (exact) mass is 833 g/mol. The Morgan fingerprint density at radius 3 is 2.51 bits per heavy atom. The molecule has 3 amide bonds. The Balaban J connectivity index is 0.722. The smallest absolute Gasteiger partial charge is 0.261 e. The molecular formula is C44H60FN7O6S. The molecule has 7 rings (SSSR count). The number of H-pyrrole nitrogens is 1. The Morgan fingerprint density at radius 1 is 0.932 bits per heavy atom. The van der Waals surface area contributed by atoms with Gasteiger partial charge in [-0.1, -0.05) is 25.0 Å². The van der Waals surface area contributed by atoms with Crippen molar-refractivity contribution in [3.63, 3.8) is 0 Å². The van der Waals surface area contributed by atoms with Gasteiger partial charge in [-0.15, -0.1) is 0 Å². The first kappa shape index (κ1) is 43.1. The van der Waals surface area contributed by atoms with Crippen LogP contribution in [0.1, 0.15) is 94.4 Å². The zero-order chi connectivity index (χ0) is 41.0. The van der Waals surface area contributed by atoms with E-state index in [-0.39, 0.29) is 29.1 Å². The number of thioether (sulfide) groups is 1. The Morgan fingerprint density at radius 2 is 1.71 bits per heavy atom. The number of unbranched alkanes of at least 4 members (excludes halogenated alkanes) is 3. The van der Waals surface area contributed by atoms with Crippen molar-refractivity contribution < 1.29 is 28.2 Å². The van der Waals surface area contributed by atoms with Gasteiger partial charge in [0.2, 0.25) is 17.7 Å². The standard InChI is InChI=1S/C44H60FN7O6S/c45-36-25-34(58-28-30-14-22-57-23-15-30)26-38-42(36)44(56)49-39(48-38)29-59-35-12-20-52(21-13-35)27-41(54)46-16-3-1-2-4-17-51-18-10-31(11-19-51)32-6-5-7-33(24-32)47-37-8-9-40(53)50-43(37)55/h5-7,24-26,30-31,35,37,47H,1-4,8-23,27-29H2,(H,46,54)(H,48,49,56)(H,50,53,55). The summed E-state index contributed by atoms with van der Waals surface area (Å²) in [5, 5.41) is 9.19. The third-order valence-electron chi connectivity index (χ3n) is 12.2. The molecule has 0 saturated carbocycles. The lowest BCUT2D eigenvalue weighted by atomic mass is 9.89. The van der Waals surface area contributed by atoms with Gasteiger partial charge in [-0.05, 0) is 120 Å². The van der Waals surface area contributed by atoms with Crippen LogP contribution in [0, 0.1) is 11.7 Å². The number of halogens is 1. The predicted molar refractivity (Wildman–Crippen MR) is 228 cm³/mol. The number of aromatic amines is 1. The van der Waals surface area contributed by atoms with Crippen molar-refractivity contribution in [2.24, 2.45) is 5.92 Å². The van der Waals surface area contributed by atoms with Crippen molar-refractivity contribution >= 4 is 46.1 Å². The number of anilines is 1. The largest absolute Gasteiger partial charge is 0.493 e. The van der Waals surface area contributed by atoms with Crippen molar-refractivity contribution in [3.05, 3.63) is 64.0 Å². The number of piperidine rings is 3. The summed E-state index contributed by atoms with van der Waals surface area (Å²) in [5.41, 5.74) is 2.07. The van der Waals surface area contributed by atoms with Crippen LogP contribution in [0.4, 0.5) is 10.1 Å². The van der Waals surface area contributed by atoms with Gasteiger partial charge in [-0.3, -0.25) is 29.4 Å². The van der Waals surface area contributed by atoms with Crippen LogP contribution in [0.3, 0.4) is 0 Å². The number of hydrogen-bond acceptors (Lipinski definition) is 11. The van der Waals surface area contributed by atoms with E-state index in [2.05, 4.69) is 47.9 Å². The number of carbonyl (C=O) groups is 3. The normalized spacial score (nSPS) is 20.5. The highest BCUT2D eigenvalue weighted by Crippen LogP contribution is 2.31. The fourth-order valence-corrected chi connectivity index (χ4v) is 9.74. The van der Waals surface area contributed by atoms with Crippen molar-refractivity contribution in [3.8, 4) is 5.75 Å². The number of rotatable bonds is 18. The molecule has 4 N–H and O–H groups in total. The van der Waals surface area contributed by atoms with Crippen molar-refractivity contribution in [1.82, 2.24) is 30.4 Å². The van der Waals surface area contributed by atoms with E-state index in [0.29, 0.717) is 85.7 Å². The highest BCUT2D eigenvalue weighted by molar-refractivity contribution is 7.99. The molecule has 3 aromatic rings. The Kier molecular flexibility index (Phi) is 15.7. The average Bonchev–Trinajstić information content (AvgIpc) is 3.24. The SMILES string of the molecule is O=C(CN1CCC(SCc2nc3cc(OCC4CCOCC4)cc(F)c3c(=O)[nH]2)CC1)NCCCCCCN1CCC(c2cccc(NC3CCC(=O)NC3=O)c2)CC1. The summed E-state index contributed by atoms with van der Waals surface area (Å²) in [6.45, 7) is 8.00. The maximum atomic E-state index is 14.9. The number of amides is 3. The van der Waals surface area contributed by atoms with E-state index in [9.17, 15) is 23.6 Å². The lowest BCUT2D eigenvalue weighted by Crippen LogP contribution is -2.47. The third-order valence-corrected chi connectivity index (χ3v) is 13.6. The number of fused-ring (bicyclic) bond motifs is 1. The van der Waals surface area contributed by atoms with E-state index in [4.69, 9.17) is 9.47 Å². The minimum absolute atomic E-state index is 0.0450. The molecule has 0 aliphatic carbocycles. The summed E-state index contributed by atoms with van der Waals surface area (Å²) in [6, 6.07) is 10.9. The third kappa shape index (κ3) is 12.7. The molecule has 15 heteroatoms. The predicted octanol–water partition coefficient (Wildman–Crippen LogP) is 5.34. The van der Waals surface area contributed by atoms with Crippen LogP contribution in [-0.4, -0.2) is 114 Å². The maximum absolute atomic E-state index is 14.9. The summed E-state index contributed by atoms with van der Waals surface area (Å²) in [7, 11) is 0. The molecule has 4 aliphatic heterocycles. The van der Waals surface area contributed by atoms with E-state index in [1.165, 1.54) is 11.6 Å². The van der Waals surface area contributed by atoms with Gasteiger partial charge in [0.15, 0.2) is 0 Å². The van der Waals surface area contributed by atoms with E-state index in [1.807, 2.05) is 12.1 Å². The summed E-state index contributed by atoms with van der Waals surface area (Å²) < 4.78 is 26.2. The quantitative estimate of drug-likeness (QED) is 0.0970. The topological polar surface area (TPSA) is 158 Å². The second-order valence-corrected chi connectivity index (χ2v) is 17.9. The fraction of sp³-hybridized carbons (Fsp3) is 0.614. The minimum Gasteiger partial charge on any atom is -0.493 e. The molecule has 0 bridgehead atoms. The van der Waals surface area contributed by atoms with Gasteiger partial charge in [0, 0.05) is 49.2 Å². The second kappa shape index (κ2) is 21.5. The Bertz CT molecular complexity index is 1940. The number of imide groups is 1. The average molecular weight is 834 g/mol. The van der Waals surface area contributed by atoms with Gasteiger partial charge in [0.1, 0.15) is 28.8 Å². The number of aromatic nitrogens is 2. The van der Waals surface area contributed by atoms with E-state index >= 15 is 0 Å². The number of benzene rings is 2. The van der Waals surface area contributed by atoms with Crippen molar-refractivity contribution in [2.75, 3.05) is 71.0 Å². The molecule has 59 heavy (non-hydrogen) atoms. The van der Waals surface area contributed by atoms with Gasteiger partial charge in [-0.25, -0.2) is 9.37 Å². The molecule has 1 unspecified atom stereocenters. The molecule has 13 nitrogen and oxygen atoms in total. The molecule has 4 saturated heterocycles. The van der Waals surface area contributed by atoms with Crippen LogP contribution in [0.25, 0.3) is 10.9 Å². The molecule has 0 spiro atoms. The molecule has 4 aliphatic rings. The Labute approximate surface area is 350 Å². The lowest BCUT2D eigenvalue weighted by molar-refractivity contribution is -0.133. The van der Waals surface area contributed by atoms with Gasteiger partial charge in [0.05, 0.1) is 24.4 Å². The van der Waals surface area contributed by atoms with Gasteiger partial charge in [0.25, 0.3) is 5.56 Å². The summed E-state index contributed by atoms with van der Waals surface area (Å²) in [6.07, 6.45) is 11.3. The second-order valence-electron chi connectivity index (χ2n) is 16.6. The van der Waals surface area contributed by atoms with E-state index in [0.717, 1.165) is 103 Å². The molecule has 0 radical (unpaired) electrons. The number of ether oxygens (including phenoxy) is 2. The van der Waals surface area contributed by atoms with Crippen LogP contribution in [0.2, 0.25) is 0 Å². The van der Waals surface area contributed by atoms with E-state index < -0.39 is 11.4 Å². The molecule has 1 aromatic heterocycles. The summed E-state index contributed by atoms with van der Waals surface area (Å²) >= 11 is 1.74. The lowest BCUT2D eigenvalue weighted by Gasteiger charge is -2.32. The maximum Gasteiger partial charge on any atom is 0.261 e. The van der Waals surface area contributed by atoms with Gasteiger partial charge < -0.3 is 30.0 Å². The van der Waals surface area contributed by atoms with Crippen molar-refractivity contribution in [1.29, 1.82) is 0 Å². The van der Waals surface area contributed by atoms with Crippen LogP contribution in [0.5, 0.6) is 5.75 Å². The van der Waals surface area contributed by atoms with Crippen LogP contribution in [0.15, 0.2) is 41.2 Å². The van der Waals surface area contributed by atoms with Crippen LogP contribution >= 0.6 is 11.8 Å². The number of carbonyl (C=O) groups excluding carboxylic acids is 3. The molecule has 2 aromatic carbocycles. The minimum atomic E-state index is -0.627. The molecular weight excluding hydrogens is 774 g/mol. The first-order valence-corrected chi connectivity index (χ1v) is 22.8. The molecule has 4 fully saturated rings. The molecule has 320 valence electrons. The summed E-state index contributed by atoms with van der Waals surface area (Å²) in [5.74, 6) is 1.32. The highest BCUT2D eigenvalue weighted by atomic mass is 32.2. The number of hydrogen-bond donors (Lipinski definition) is 4. The van der Waals surface area contributed by atoms with Gasteiger partial charge in [-0.2, -0.15) is 11.8 Å². The molecule has 1 atom stereocenters. The fourth-order valence-electron chi connectivity index (χ4n) is 8.66. The Hall–Kier alpha value is -4.05. The highest BCUT2D eigenvalue weighted by Gasteiger charge is 2.27. The summed E-state index contributed by atoms with van der Waals surface area (Å²) in [4.78, 5) is 61.3. The van der Waals surface area contributed by atoms with Crippen molar-refractivity contribution in [2.45, 2.75) is 100 Å². The zero-order valence-electron chi connectivity index (χ0n) is 34.1. The van der Waals surface area contributed by atoms with Crippen LogP contribution in [-0.2, 0) is 24.9 Å². The van der Waals surface area contributed by atoms with Crippen LogP contribution < -0.4 is 26.2 Å². The first-order chi connectivity index (χ1) is 28.8. The first-order valence-electron chi connectivity index (χ1n) is 21.7. The van der Waals surface area contributed by atoms with Gasteiger partial charge >= 0.3 is 0 Å². The number of nitrogens with zero attached hydrogens (tertiary/aromatic N) is 3. The molecule has 5 heterocycles.